The third-order valence-electron chi connectivity index (χ3n) is 3.12. The zero-order valence-corrected chi connectivity index (χ0v) is 14.7. The number of allylic oxidation sites excluding steroid dienone is 9. The summed E-state index contributed by atoms with van der Waals surface area (Å²) in [6.07, 6.45) is 28.4. The first-order valence-corrected chi connectivity index (χ1v) is 8.31. The van der Waals surface area contributed by atoms with E-state index in [9.17, 15) is 9.90 Å². The number of carbonyl (C=O) groups excluding carboxylic acids is 1. The van der Waals surface area contributed by atoms with Crippen LogP contribution in [0, 0.1) is 0 Å². The maximum absolute atomic E-state index is 10.1. The van der Waals surface area contributed by atoms with Crippen LogP contribution in [0.1, 0.15) is 58.3 Å². The van der Waals surface area contributed by atoms with Crippen molar-refractivity contribution in [3.63, 3.8) is 0 Å². The predicted octanol–water partition coefficient (Wildman–Crippen LogP) is 1.66. The van der Waals surface area contributed by atoms with Crippen LogP contribution in [0.2, 0.25) is 0 Å². The summed E-state index contributed by atoms with van der Waals surface area (Å²) in [5.41, 5.74) is 0. The molecule has 2 nitrogen and oxygen atoms in total. The molecule has 0 aromatic rings. The van der Waals surface area contributed by atoms with E-state index in [4.69, 9.17) is 0 Å². The molecule has 3 heteroatoms. The Labute approximate surface area is 153 Å². The standard InChI is InChI=1S/C20H30O2.Li/c1-2-3-4-5-6-7-8-9-10-11-12-13-14-15-16-17-18-19-20(21)22;/h10-19H,2-9H2,1H3,(H,21,22);/q;+1/p-1. The normalized spacial score (nSPS) is 12.2. The van der Waals surface area contributed by atoms with Gasteiger partial charge in [0.2, 0.25) is 0 Å². The zero-order valence-electron chi connectivity index (χ0n) is 14.7. The van der Waals surface area contributed by atoms with Crippen molar-refractivity contribution in [1.82, 2.24) is 0 Å². The van der Waals surface area contributed by atoms with E-state index in [0.29, 0.717) is 0 Å². The van der Waals surface area contributed by atoms with Crippen molar-refractivity contribution >= 4 is 5.97 Å². The van der Waals surface area contributed by atoms with Gasteiger partial charge < -0.3 is 9.90 Å². The average Bonchev–Trinajstić information content (AvgIpc) is 2.50. The van der Waals surface area contributed by atoms with Crippen LogP contribution in [0.5, 0.6) is 0 Å². The Morgan fingerprint density at radius 3 is 1.78 bits per heavy atom. The molecule has 0 aliphatic rings. The number of hydrogen-bond donors (Lipinski definition) is 0. The van der Waals surface area contributed by atoms with E-state index < -0.39 is 5.97 Å². The molecular formula is C20H29LiO2. The summed E-state index contributed by atoms with van der Waals surface area (Å²) in [5, 5.41) is 10.1. The fourth-order valence-electron chi connectivity index (χ4n) is 1.91. The summed E-state index contributed by atoms with van der Waals surface area (Å²) in [6, 6.07) is 0. The van der Waals surface area contributed by atoms with Gasteiger partial charge in [-0.05, 0) is 18.9 Å². The van der Waals surface area contributed by atoms with Crippen LogP contribution in [0.15, 0.2) is 60.8 Å². The van der Waals surface area contributed by atoms with E-state index >= 15 is 0 Å². The number of unbranched alkanes of at least 4 members (excludes halogenated alkanes) is 7. The topological polar surface area (TPSA) is 40.1 Å². The third kappa shape index (κ3) is 23.2. The molecule has 122 valence electrons. The summed E-state index contributed by atoms with van der Waals surface area (Å²) < 4.78 is 0. The first-order chi connectivity index (χ1) is 10.8. The zero-order chi connectivity index (χ0) is 16.3. The molecule has 0 heterocycles. The van der Waals surface area contributed by atoms with Crippen molar-refractivity contribution in [2.45, 2.75) is 58.3 Å². The molecule has 0 bridgehead atoms. The number of carboxylic acid groups (broad SMARTS) is 1. The number of hydrogen-bond acceptors (Lipinski definition) is 2. The van der Waals surface area contributed by atoms with Crippen LogP contribution in [0.4, 0.5) is 0 Å². The van der Waals surface area contributed by atoms with Crippen LogP contribution in [0.25, 0.3) is 0 Å². The predicted molar refractivity (Wildman–Crippen MR) is 93.3 cm³/mol. The number of carbonyl (C=O) groups is 1. The van der Waals surface area contributed by atoms with Crippen LogP contribution >= 0.6 is 0 Å². The Morgan fingerprint density at radius 2 is 1.22 bits per heavy atom. The van der Waals surface area contributed by atoms with Crippen molar-refractivity contribution in [3.05, 3.63) is 60.8 Å². The summed E-state index contributed by atoms with van der Waals surface area (Å²) in [6.45, 7) is 2.25. The molecule has 0 aliphatic heterocycles. The first kappa shape index (κ1) is 24.0. The largest absolute Gasteiger partial charge is 1.00 e. The Kier molecular flexibility index (Phi) is 21.7. The van der Waals surface area contributed by atoms with E-state index in [2.05, 4.69) is 19.1 Å². The molecule has 0 radical (unpaired) electrons. The molecule has 0 aromatic heterocycles. The molecule has 0 atom stereocenters. The smallest absolute Gasteiger partial charge is 0.545 e. The summed E-state index contributed by atoms with van der Waals surface area (Å²) >= 11 is 0. The fourth-order valence-corrected chi connectivity index (χ4v) is 1.91. The van der Waals surface area contributed by atoms with Gasteiger partial charge in [-0.1, -0.05) is 100 Å². The van der Waals surface area contributed by atoms with E-state index in [1.54, 1.807) is 12.2 Å². The molecule has 0 unspecified atom stereocenters. The Bertz CT molecular complexity index is 404. The van der Waals surface area contributed by atoms with Gasteiger partial charge in [-0.2, -0.15) is 0 Å². The van der Waals surface area contributed by atoms with Gasteiger partial charge in [0.25, 0.3) is 0 Å². The van der Waals surface area contributed by atoms with Crippen LogP contribution in [-0.4, -0.2) is 5.97 Å². The molecule has 0 N–H and O–H groups in total. The monoisotopic (exact) mass is 308 g/mol. The van der Waals surface area contributed by atoms with Gasteiger partial charge in [0.15, 0.2) is 0 Å². The molecule has 23 heavy (non-hydrogen) atoms. The Hall–Kier alpha value is -1.23. The van der Waals surface area contributed by atoms with Crippen molar-refractivity contribution in [2.75, 3.05) is 0 Å². The second kappa shape index (κ2) is 20.8. The molecule has 0 spiro atoms. The van der Waals surface area contributed by atoms with E-state index in [1.165, 1.54) is 51.0 Å². The molecule has 0 amide bonds. The van der Waals surface area contributed by atoms with Gasteiger partial charge in [-0.25, -0.2) is 0 Å². The number of aliphatic carboxylic acids is 1. The summed E-state index contributed by atoms with van der Waals surface area (Å²) in [5.74, 6) is -1.18. The Balaban J connectivity index is 0. The van der Waals surface area contributed by atoms with Crippen LogP contribution in [0.3, 0.4) is 0 Å². The van der Waals surface area contributed by atoms with Crippen molar-refractivity contribution in [2.24, 2.45) is 0 Å². The first-order valence-electron chi connectivity index (χ1n) is 8.31. The minimum atomic E-state index is -1.18. The minimum absolute atomic E-state index is 0. The van der Waals surface area contributed by atoms with Crippen LogP contribution in [-0.2, 0) is 4.79 Å². The Morgan fingerprint density at radius 1 is 0.739 bits per heavy atom. The number of carboxylic acids is 1. The van der Waals surface area contributed by atoms with Gasteiger partial charge >= 0.3 is 18.9 Å². The maximum Gasteiger partial charge on any atom is 1.00 e. The van der Waals surface area contributed by atoms with Gasteiger partial charge in [0.05, 0.1) is 5.97 Å². The van der Waals surface area contributed by atoms with Crippen LogP contribution < -0.4 is 24.0 Å². The van der Waals surface area contributed by atoms with Gasteiger partial charge in [-0.3, -0.25) is 0 Å². The third-order valence-corrected chi connectivity index (χ3v) is 3.12. The fraction of sp³-hybridized carbons (Fsp3) is 0.450. The maximum atomic E-state index is 10.1. The van der Waals surface area contributed by atoms with Gasteiger partial charge in [-0.15, -0.1) is 0 Å². The van der Waals surface area contributed by atoms with Crippen molar-refractivity contribution < 1.29 is 28.8 Å². The summed E-state index contributed by atoms with van der Waals surface area (Å²) in [4.78, 5) is 10.1. The molecule has 0 saturated carbocycles. The van der Waals surface area contributed by atoms with E-state index in [0.717, 1.165) is 12.5 Å². The molecule has 0 rings (SSSR count). The second-order valence-electron chi connectivity index (χ2n) is 5.17. The quantitative estimate of drug-likeness (QED) is 0.225. The minimum Gasteiger partial charge on any atom is -0.545 e. The SMILES string of the molecule is CCCCCCCCCC=CC=CC=CC=CC=CC(=O)[O-].[Li+]. The average molecular weight is 308 g/mol. The molecule has 0 fully saturated rings. The molecule has 0 aliphatic carbocycles. The molecule has 0 saturated heterocycles. The number of rotatable bonds is 13. The van der Waals surface area contributed by atoms with Gasteiger partial charge in [0, 0.05) is 0 Å². The summed E-state index contributed by atoms with van der Waals surface area (Å²) in [7, 11) is 0. The molecule has 0 aromatic carbocycles. The second-order valence-corrected chi connectivity index (χ2v) is 5.17. The van der Waals surface area contributed by atoms with E-state index in [-0.39, 0.29) is 18.9 Å². The van der Waals surface area contributed by atoms with Crippen molar-refractivity contribution in [3.8, 4) is 0 Å². The van der Waals surface area contributed by atoms with E-state index in [1.807, 2.05) is 24.3 Å². The molecular weight excluding hydrogens is 279 g/mol. The van der Waals surface area contributed by atoms with Crippen molar-refractivity contribution in [1.29, 1.82) is 0 Å². The van der Waals surface area contributed by atoms with Gasteiger partial charge in [0.1, 0.15) is 0 Å².